The van der Waals surface area contributed by atoms with E-state index in [0.717, 1.165) is 0 Å². The Morgan fingerprint density at radius 1 is 0.522 bits per heavy atom. The molecular weight excluding hydrogens is 305 g/mol. The molecule has 0 amide bonds. The van der Waals surface area contributed by atoms with Crippen LogP contribution in [0, 0.1) is 0 Å². The molecule has 3 aromatic rings. The van der Waals surface area contributed by atoms with Crippen LogP contribution in [-0.2, 0) is 4.57 Å². The Hall–Kier alpha value is -2.71. The Morgan fingerprint density at radius 2 is 0.783 bits per heavy atom. The van der Waals surface area contributed by atoms with Crippen molar-refractivity contribution in [2.45, 2.75) is 0 Å². The van der Waals surface area contributed by atoms with Crippen LogP contribution < -0.4 is 33.1 Å². The second kappa shape index (κ2) is 5.82. The second-order valence-corrected chi connectivity index (χ2v) is 7.95. The summed E-state index contributed by atoms with van der Waals surface area (Å²) in [7, 11) is -3.26. The molecule has 0 saturated heterocycles. The van der Waals surface area contributed by atoms with Crippen LogP contribution in [0.3, 0.4) is 0 Å². The van der Waals surface area contributed by atoms with Gasteiger partial charge in [-0.3, -0.25) is 0 Å². The van der Waals surface area contributed by atoms with Gasteiger partial charge in [-0.05, 0) is 36.4 Å². The zero-order valence-electron chi connectivity index (χ0n) is 12.5. The molecule has 5 heteroatoms. The molecule has 0 bridgehead atoms. The molecule has 0 aliphatic rings. The minimum atomic E-state index is -3.26. The largest absolute Gasteiger partial charge is 0.398 e. The fourth-order valence-electron chi connectivity index (χ4n) is 2.71. The molecule has 0 aliphatic heterocycles. The van der Waals surface area contributed by atoms with Crippen molar-refractivity contribution in [1.29, 1.82) is 0 Å². The van der Waals surface area contributed by atoms with E-state index in [1.807, 2.05) is 36.4 Å². The molecular formula is C18H18N3OP. The summed E-state index contributed by atoms with van der Waals surface area (Å²) in [5.74, 6) is 0. The van der Waals surface area contributed by atoms with Crippen molar-refractivity contribution >= 4 is 40.1 Å². The lowest BCUT2D eigenvalue weighted by Crippen LogP contribution is -2.29. The van der Waals surface area contributed by atoms with Gasteiger partial charge in [0.25, 0.3) is 0 Å². The molecule has 0 radical (unpaired) electrons. The van der Waals surface area contributed by atoms with E-state index in [0.29, 0.717) is 33.0 Å². The highest BCUT2D eigenvalue weighted by Crippen LogP contribution is 2.46. The third-order valence-electron chi connectivity index (χ3n) is 3.83. The Labute approximate surface area is 135 Å². The molecule has 4 nitrogen and oxygen atoms in total. The van der Waals surface area contributed by atoms with Gasteiger partial charge in [0.05, 0.1) is 0 Å². The van der Waals surface area contributed by atoms with Crippen molar-refractivity contribution in [3.05, 3.63) is 72.8 Å². The Morgan fingerprint density at radius 3 is 1.04 bits per heavy atom. The van der Waals surface area contributed by atoms with Gasteiger partial charge in [-0.15, -0.1) is 0 Å². The van der Waals surface area contributed by atoms with Crippen molar-refractivity contribution in [3.8, 4) is 0 Å². The van der Waals surface area contributed by atoms with Crippen molar-refractivity contribution in [2.24, 2.45) is 0 Å². The highest BCUT2D eigenvalue weighted by Gasteiger charge is 2.34. The molecule has 0 saturated carbocycles. The Balaban J connectivity index is 2.41. The molecule has 116 valence electrons. The fourth-order valence-corrected chi connectivity index (χ4v) is 5.69. The van der Waals surface area contributed by atoms with Crippen LogP contribution in [0.4, 0.5) is 17.1 Å². The summed E-state index contributed by atoms with van der Waals surface area (Å²) in [6.45, 7) is 0. The summed E-state index contributed by atoms with van der Waals surface area (Å²) >= 11 is 0. The number of nitrogen functional groups attached to an aromatic ring is 3. The number of hydrogen-bond donors (Lipinski definition) is 3. The molecule has 0 unspecified atom stereocenters. The monoisotopic (exact) mass is 323 g/mol. The third-order valence-corrected chi connectivity index (χ3v) is 7.09. The van der Waals surface area contributed by atoms with Gasteiger partial charge in [-0.2, -0.15) is 0 Å². The number of para-hydroxylation sites is 3. The summed E-state index contributed by atoms with van der Waals surface area (Å²) in [5, 5.41) is 1.66. The summed E-state index contributed by atoms with van der Waals surface area (Å²) in [5.41, 5.74) is 19.8. The normalized spacial score (nSPS) is 11.3. The van der Waals surface area contributed by atoms with Crippen LogP contribution in [0.15, 0.2) is 72.8 Å². The first-order valence-corrected chi connectivity index (χ1v) is 8.91. The van der Waals surface area contributed by atoms with Gasteiger partial charge >= 0.3 is 0 Å². The van der Waals surface area contributed by atoms with Gasteiger partial charge < -0.3 is 21.8 Å². The summed E-state index contributed by atoms with van der Waals surface area (Å²) in [6, 6.07) is 21.4. The molecule has 3 aromatic carbocycles. The lowest BCUT2D eigenvalue weighted by atomic mass is 10.3. The molecule has 0 aliphatic carbocycles. The SMILES string of the molecule is Nc1ccccc1P(=O)(c1ccccc1N)c1ccccc1N. The average Bonchev–Trinajstić information content (AvgIpc) is 2.55. The predicted molar refractivity (Wildman–Crippen MR) is 99.1 cm³/mol. The molecule has 0 fully saturated rings. The molecule has 0 atom stereocenters. The van der Waals surface area contributed by atoms with E-state index in [4.69, 9.17) is 17.2 Å². The van der Waals surface area contributed by atoms with E-state index < -0.39 is 7.14 Å². The van der Waals surface area contributed by atoms with Crippen molar-refractivity contribution < 1.29 is 4.57 Å². The maximum Gasteiger partial charge on any atom is 0.177 e. The highest BCUT2D eigenvalue weighted by molar-refractivity contribution is 7.86. The van der Waals surface area contributed by atoms with Crippen molar-refractivity contribution in [1.82, 2.24) is 0 Å². The van der Waals surface area contributed by atoms with Crippen LogP contribution in [0.2, 0.25) is 0 Å². The average molecular weight is 323 g/mol. The zero-order valence-corrected chi connectivity index (χ0v) is 13.4. The second-order valence-electron chi connectivity index (χ2n) is 5.29. The number of rotatable bonds is 3. The summed E-state index contributed by atoms with van der Waals surface area (Å²) in [6.07, 6.45) is 0. The Kier molecular flexibility index (Phi) is 3.85. The minimum absolute atomic E-state index is 0.460. The van der Waals surface area contributed by atoms with Crippen LogP contribution in [-0.4, -0.2) is 0 Å². The number of nitrogens with two attached hydrogens (primary N) is 3. The third kappa shape index (κ3) is 2.47. The van der Waals surface area contributed by atoms with Crippen LogP contribution >= 0.6 is 7.14 Å². The molecule has 23 heavy (non-hydrogen) atoms. The smallest absolute Gasteiger partial charge is 0.177 e. The Bertz CT molecular complexity index is 790. The molecule has 6 N–H and O–H groups in total. The molecule has 0 heterocycles. The topological polar surface area (TPSA) is 95.1 Å². The lowest BCUT2D eigenvalue weighted by molar-refractivity contribution is 0.592. The standard InChI is InChI=1S/C18H18N3OP/c19-13-7-1-4-10-16(13)23(22,17-11-5-2-8-14(17)20)18-12-6-3-9-15(18)21/h1-12H,19-21H2. The maximum atomic E-state index is 14.2. The molecule has 3 rings (SSSR count). The molecule has 0 aromatic heterocycles. The minimum Gasteiger partial charge on any atom is -0.398 e. The van der Waals surface area contributed by atoms with Gasteiger partial charge in [0.1, 0.15) is 0 Å². The van der Waals surface area contributed by atoms with Crippen LogP contribution in [0.1, 0.15) is 0 Å². The quantitative estimate of drug-likeness (QED) is 0.508. The fraction of sp³-hybridized carbons (Fsp3) is 0. The predicted octanol–water partition coefficient (Wildman–Crippen LogP) is 2.07. The van der Waals surface area contributed by atoms with Crippen LogP contribution in [0.25, 0.3) is 0 Å². The van der Waals surface area contributed by atoms with E-state index in [1.54, 1.807) is 36.4 Å². The highest BCUT2D eigenvalue weighted by atomic mass is 31.2. The van der Waals surface area contributed by atoms with Gasteiger partial charge in [0, 0.05) is 33.0 Å². The first kappa shape index (κ1) is 15.2. The first-order valence-electron chi connectivity index (χ1n) is 7.20. The summed E-state index contributed by atoms with van der Waals surface area (Å²) < 4.78 is 14.2. The van der Waals surface area contributed by atoms with E-state index in [-0.39, 0.29) is 0 Å². The number of benzene rings is 3. The van der Waals surface area contributed by atoms with E-state index in [9.17, 15) is 4.57 Å². The van der Waals surface area contributed by atoms with E-state index in [2.05, 4.69) is 0 Å². The number of hydrogen-bond acceptors (Lipinski definition) is 4. The van der Waals surface area contributed by atoms with Gasteiger partial charge in [0.15, 0.2) is 7.14 Å². The van der Waals surface area contributed by atoms with Gasteiger partial charge in [-0.1, -0.05) is 36.4 Å². The maximum absolute atomic E-state index is 14.2. The van der Waals surface area contributed by atoms with E-state index >= 15 is 0 Å². The molecule has 0 spiro atoms. The zero-order chi connectivity index (χ0) is 16.4. The van der Waals surface area contributed by atoms with Crippen molar-refractivity contribution in [2.75, 3.05) is 17.2 Å². The lowest BCUT2D eigenvalue weighted by Gasteiger charge is -2.23. The van der Waals surface area contributed by atoms with Crippen molar-refractivity contribution in [3.63, 3.8) is 0 Å². The first-order chi connectivity index (χ1) is 11.0. The van der Waals surface area contributed by atoms with E-state index in [1.165, 1.54) is 0 Å². The van der Waals surface area contributed by atoms with Gasteiger partial charge in [0.2, 0.25) is 0 Å². The number of anilines is 3. The summed E-state index contributed by atoms with van der Waals surface area (Å²) in [4.78, 5) is 0. The van der Waals surface area contributed by atoms with Gasteiger partial charge in [-0.25, -0.2) is 0 Å². The van der Waals surface area contributed by atoms with Crippen LogP contribution in [0.5, 0.6) is 0 Å².